The summed E-state index contributed by atoms with van der Waals surface area (Å²) in [6, 6.07) is 6.41. The van der Waals surface area contributed by atoms with Gasteiger partial charge in [-0.25, -0.2) is 4.39 Å². The predicted molar refractivity (Wildman–Crippen MR) is 63.8 cm³/mol. The molecule has 0 radical (unpaired) electrons. The quantitative estimate of drug-likeness (QED) is 0.902. The van der Waals surface area contributed by atoms with Gasteiger partial charge in [0, 0.05) is 29.7 Å². The van der Waals surface area contributed by atoms with E-state index in [-0.39, 0.29) is 5.82 Å². The predicted octanol–water partition coefficient (Wildman–Crippen LogP) is 2.44. The van der Waals surface area contributed by atoms with Crippen molar-refractivity contribution >= 4 is 11.3 Å². The molecule has 1 heterocycles. The standard InChI is InChI=1S/C12H10FN3S/c13-12-3-9(4-14)1-2-10(12)5-15-6-11-7-16-8-17-11/h1-3,7-8,15H,5-6H2. The highest BCUT2D eigenvalue weighted by atomic mass is 32.1. The van der Waals surface area contributed by atoms with Gasteiger partial charge in [0.25, 0.3) is 0 Å². The van der Waals surface area contributed by atoms with E-state index < -0.39 is 0 Å². The Morgan fingerprint density at radius 2 is 2.29 bits per heavy atom. The smallest absolute Gasteiger partial charge is 0.129 e. The molecular formula is C12H10FN3S. The summed E-state index contributed by atoms with van der Waals surface area (Å²) in [6.07, 6.45) is 1.78. The number of rotatable bonds is 4. The molecule has 0 aliphatic rings. The first kappa shape index (κ1) is 11.7. The lowest BCUT2D eigenvalue weighted by atomic mass is 10.1. The number of nitriles is 1. The Morgan fingerprint density at radius 1 is 1.41 bits per heavy atom. The Kier molecular flexibility index (Phi) is 3.81. The molecule has 3 nitrogen and oxygen atoms in total. The third kappa shape index (κ3) is 3.09. The van der Waals surface area contributed by atoms with E-state index in [4.69, 9.17) is 5.26 Å². The van der Waals surface area contributed by atoms with E-state index in [1.165, 1.54) is 6.07 Å². The second-order valence-electron chi connectivity index (χ2n) is 3.49. The number of benzene rings is 1. The summed E-state index contributed by atoms with van der Waals surface area (Å²) >= 11 is 1.56. The number of hydrogen-bond donors (Lipinski definition) is 1. The number of nitrogens with one attached hydrogen (secondary N) is 1. The minimum absolute atomic E-state index is 0.341. The molecule has 86 valence electrons. The van der Waals surface area contributed by atoms with Gasteiger partial charge in [-0.15, -0.1) is 11.3 Å². The fraction of sp³-hybridized carbons (Fsp3) is 0.167. The fourth-order valence-electron chi connectivity index (χ4n) is 1.41. The summed E-state index contributed by atoms with van der Waals surface area (Å²) in [7, 11) is 0. The average Bonchev–Trinajstić information content (AvgIpc) is 2.84. The van der Waals surface area contributed by atoms with E-state index in [9.17, 15) is 4.39 Å². The van der Waals surface area contributed by atoms with Crippen molar-refractivity contribution in [3.8, 4) is 6.07 Å². The maximum absolute atomic E-state index is 13.5. The van der Waals surface area contributed by atoms with E-state index in [0.717, 1.165) is 4.88 Å². The molecule has 0 fully saturated rings. The second kappa shape index (κ2) is 5.53. The number of aromatic nitrogens is 1. The zero-order chi connectivity index (χ0) is 12.1. The summed E-state index contributed by atoms with van der Waals surface area (Å²) in [4.78, 5) is 5.07. The van der Waals surface area contributed by atoms with Crippen LogP contribution < -0.4 is 5.32 Å². The van der Waals surface area contributed by atoms with Crippen LogP contribution in [0.15, 0.2) is 29.9 Å². The van der Waals surface area contributed by atoms with Gasteiger partial charge in [-0.2, -0.15) is 5.26 Å². The first-order chi connectivity index (χ1) is 8.29. The Morgan fingerprint density at radius 3 is 2.94 bits per heavy atom. The molecule has 5 heteroatoms. The van der Waals surface area contributed by atoms with Crippen molar-refractivity contribution in [3.63, 3.8) is 0 Å². The van der Waals surface area contributed by atoms with Crippen molar-refractivity contribution in [1.29, 1.82) is 5.26 Å². The highest BCUT2D eigenvalue weighted by Crippen LogP contribution is 2.10. The van der Waals surface area contributed by atoms with Crippen LogP contribution in [0.1, 0.15) is 16.0 Å². The van der Waals surface area contributed by atoms with Gasteiger partial charge in [0.2, 0.25) is 0 Å². The largest absolute Gasteiger partial charge is 0.308 e. The van der Waals surface area contributed by atoms with Crippen LogP contribution in [0, 0.1) is 17.1 Å². The molecule has 0 saturated carbocycles. The van der Waals surface area contributed by atoms with E-state index in [0.29, 0.717) is 24.2 Å². The van der Waals surface area contributed by atoms with Gasteiger partial charge in [0.15, 0.2) is 0 Å². The highest BCUT2D eigenvalue weighted by Gasteiger charge is 2.03. The lowest BCUT2D eigenvalue weighted by Gasteiger charge is -2.04. The molecule has 0 unspecified atom stereocenters. The lowest BCUT2D eigenvalue weighted by molar-refractivity contribution is 0.588. The van der Waals surface area contributed by atoms with Crippen LogP contribution in [0.25, 0.3) is 0 Å². The molecular weight excluding hydrogens is 237 g/mol. The number of nitrogens with zero attached hydrogens (tertiary/aromatic N) is 2. The Labute approximate surface area is 103 Å². The van der Waals surface area contributed by atoms with Gasteiger partial charge in [-0.1, -0.05) is 6.07 Å². The van der Waals surface area contributed by atoms with Gasteiger partial charge in [-0.05, 0) is 12.1 Å². The van der Waals surface area contributed by atoms with Crippen LogP contribution in [0.2, 0.25) is 0 Å². The van der Waals surface area contributed by atoms with Crippen molar-refractivity contribution in [2.45, 2.75) is 13.1 Å². The van der Waals surface area contributed by atoms with E-state index in [1.807, 2.05) is 6.07 Å². The molecule has 17 heavy (non-hydrogen) atoms. The molecule has 0 saturated heterocycles. The molecule has 1 N–H and O–H groups in total. The van der Waals surface area contributed by atoms with Crippen molar-refractivity contribution < 1.29 is 4.39 Å². The van der Waals surface area contributed by atoms with Crippen molar-refractivity contribution in [3.05, 3.63) is 51.7 Å². The van der Waals surface area contributed by atoms with E-state index in [2.05, 4.69) is 10.3 Å². The highest BCUT2D eigenvalue weighted by molar-refractivity contribution is 7.09. The number of hydrogen-bond acceptors (Lipinski definition) is 4. The molecule has 2 rings (SSSR count). The number of halogens is 1. The summed E-state index contributed by atoms with van der Waals surface area (Å²) in [6.45, 7) is 1.11. The fourth-order valence-corrected chi connectivity index (χ4v) is 1.97. The van der Waals surface area contributed by atoms with Crippen LogP contribution in [0.3, 0.4) is 0 Å². The molecule has 0 atom stereocenters. The molecule has 1 aromatic carbocycles. The van der Waals surface area contributed by atoms with Crippen molar-refractivity contribution in [1.82, 2.24) is 10.3 Å². The van der Waals surface area contributed by atoms with Gasteiger partial charge in [0.05, 0.1) is 17.1 Å². The minimum Gasteiger partial charge on any atom is -0.308 e. The second-order valence-corrected chi connectivity index (χ2v) is 4.46. The monoisotopic (exact) mass is 247 g/mol. The van der Waals surface area contributed by atoms with Gasteiger partial charge < -0.3 is 5.32 Å². The minimum atomic E-state index is -0.346. The lowest BCUT2D eigenvalue weighted by Crippen LogP contribution is -2.13. The molecule has 0 bridgehead atoms. The topological polar surface area (TPSA) is 48.7 Å². The molecule has 1 aromatic heterocycles. The van der Waals surface area contributed by atoms with Crippen LogP contribution >= 0.6 is 11.3 Å². The van der Waals surface area contributed by atoms with Crippen LogP contribution in [-0.4, -0.2) is 4.98 Å². The van der Waals surface area contributed by atoms with Gasteiger partial charge in [0.1, 0.15) is 5.82 Å². The zero-order valence-electron chi connectivity index (χ0n) is 8.98. The summed E-state index contributed by atoms with van der Waals surface area (Å²) in [5.41, 5.74) is 2.67. The van der Waals surface area contributed by atoms with E-state index >= 15 is 0 Å². The Bertz CT molecular complexity index is 531. The third-order valence-electron chi connectivity index (χ3n) is 2.28. The maximum atomic E-state index is 13.5. The van der Waals surface area contributed by atoms with E-state index in [1.54, 1.807) is 35.2 Å². The molecule has 0 aliphatic heterocycles. The maximum Gasteiger partial charge on any atom is 0.129 e. The van der Waals surface area contributed by atoms with Gasteiger partial charge >= 0.3 is 0 Å². The summed E-state index contributed by atoms with van der Waals surface area (Å²) in [5.74, 6) is -0.346. The first-order valence-corrected chi connectivity index (χ1v) is 5.94. The Hall–Kier alpha value is -1.77. The molecule has 2 aromatic rings. The van der Waals surface area contributed by atoms with Crippen molar-refractivity contribution in [2.24, 2.45) is 0 Å². The molecule has 0 aliphatic carbocycles. The normalized spacial score (nSPS) is 10.1. The van der Waals surface area contributed by atoms with Crippen LogP contribution in [0.5, 0.6) is 0 Å². The van der Waals surface area contributed by atoms with Gasteiger partial charge in [-0.3, -0.25) is 4.98 Å². The van der Waals surface area contributed by atoms with Crippen LogP contribution in [-0.2, 0) is 13.1 Å². The molecule has 0 spiro atoms. The number of thiazole rings is 1. The SMILES string of the molecule is N#Cc1ccc(CNCc2cncs2)c(F)c1. The van der Waals surface area contributed by atoms with Crippen molar-refractivity contribution in [2.75, 3.05) is 0 Å². The third-order valence-corrected chi connectivity index (χ3v) is 3.06. The average molecular weight is 247 g/mol. The molecule has 0 amide bonds. The van der Waals surface area contributed by atoms with Crippen LogP contribution in [0.4, 0.5) is 4.39 Å². The first-order valence-electron chi connectivity index (χ1n) is 5.06. The Balaban J connectivity index is 1.93. The summed E-state index contributed by atoms with van der Waals surface area (Å²) < 4.78 is 13.5. The summed E-state index contributed by atoms with van der Waals surface area (Å²) in [5, 5.41) is 11.7. The zero-order valence-corrected chi connectivity index (χ0v) is 9.80.